The number of hydrogen-bond donors (Lipinski definition) is 1. The number of oxime groups is 1. The Morgan fingerprint density at radius 3 is 2.62 bits per heavy atom. The zero-order chi connectivity index (χ0) is 20.6. The SMILES string of the molecule is Cn1c(-c2ccc(F)cc2)cnc1NC(=O)[C@@]1(C)CC(c2ccccc2F)=NO1. The third kappa shape index (κ3) is 3.49. The van der Waals surface area contributed by atoms with Crippen molar-refractivity contribution in [2.75, 3.05) is 5.32 Å². The molecule has 4 rings (SSSR count). The van der Waals surface area contributed by atoms with Crippen LogP contribution < -0.4 is 5.32 Å². The van der Waals surface area contributed by atoms with Crippen molar-refractivity contribution in [1.82, 2.24) is 9.55 Å². The van der Waals surface area contributed by atoms with Crippen molar-refractivity contribution in [3.8, 4) is 11.3 Å². The molecule has 6 nitrogen and oxygen atoms in total. The summed E-state index contributed by atoms with van der Waals surface area (Å²) >= 11 is 0. The lowest BCUT2D eigenvalue weighted by molar-refractivity contribution is -0.136. The summed E-state index contributed by atoms with van der Waals surface area (Å²) in [5.41, 5.74) is 0.850. The number of nitrogens with zero attached hydrogens (tertiary/aromatic N) is 3. The minimum absolute atomic E-state index is 0.120. The van der Waals surface area contributed by atoms with Crippen LogP contribution in [0.4, 0.5) is 14.7 Å². The summed E-state index contributed by atoms with van der Waals surface area (Å²) in [7, 11) is 1.74. The van der Waals surface area contributed by atoms with Gasteiger partial charge >= 0.3 is 0 Å². The fourth-order valence-electron chi connectivity index (χ4n) is 3.15. The lowest BCUT2D eigenvalue weighted by atomic mass is 9.95. The predicted octanol–water partition coefficient (Wildman–Crippen LogP) is 3.89. The summed E-state index contributed by atoms with van der Waals surface area (Å²) in [5, 5.41) is 6.65. The van der Waals surface area contributed by atoms with Crippen molar-refractivity contribution in [1.29, 1.82) is 0 Å². The fraction of sp³-hybridized carbons (Fsp3) is 0.190. The third-order valence-corrected chi connectivity index (χ3v) is 4.88. The van der Waals surface area contributed by atoms with Crippen molar-refractivity contribution in [3.05, 3.63) is 71.9 Å². The van der Waals surface area contributed by atoms with Gasteiger partial charge in [0.05, 0.1) is 17.6 Å². The highest BCUT2D eigenvalue weighted by Gasteiger charge is 2.43. The second-order valence-corrected chi connectivity index (χ2v) is 7.00. The molecule has 0 bridgehead atoms. The van der Waals surface area contributed by atoms with E-state index in [-0.39, 0.29) is 12.2 Å². The molecule has 1 aromatic heterocycles. The van der Waals surface area contributed by atoms with Crippen molar-refractivity contribution >= 4 is 17.6 Å². The Labute approximate surface area is 165 Å². The van der Waals surface area contributed by atoms with Gasteiger partial charge in [0.2, 0.25) is 11.5 Å². The number of amides is 1. The lowest BCUT2D eigenvalue weighted by Gasteiger charge is -2.20. The largest absolute Gasteiger partial charge is 0.379 e. The van der Waals surface area contributed by atoms with Crippen molar-refractivity contribution in [2.24, 2.45) is 12.2 Å². The average molecular weight is 396 g/mol. The van der Waals surface area contributed by atoms with Gasteiger partial charge in [-0.2, -0.15) is 0 Å². The molecule has 2 aromatic carbocycles. The number of rotatable bonds is 4. The Bertz CT molecular complexity index is 1110. The second kappa shape index (κ2) is 7.12. The van der Waals surface area contributed by atoms with Crippen LogP contribution in [0.5, 0.6) is 0 Å². The monoisotopic (exact) mass is 396 g/mol. The first kappa shape index (κ1) is 18.8. The van der Waals surface area contributed by atoms with Crippen LogP contribution in [0.2, 0.25) is 0 Å². The average Bonchev–Trinajstić information content (AvgIpc) is 3.27. The highest BCUT2D eigenvalue weighted by atomic mass is 19.1. The smallest absolute Gasteiger partial charge is 0.273 e. The molecule has 148 valence electrons. The van der Waals surface area contributed by atoms with Crippen molar-refractivity contribution in [3.63, 3.8) is 0 Å². The first-order valence-electron chi connectivity index (χ1n) is 8.96. The lowest BCUT2D eigenvalue weighted by Crippen LogP contribution is -2.41. The van der Waals surface area contributed by atoms with E-state index in [1.165, 1.54) is 18.2 Å². The van der Waals surface area contributed by atoms with Gasteiger partial charge in [-0.25, -0.2) is 13.8 Å². The maximum Gasteiger partial charge on any atom is 0.273 e. The van der Waals surface area contributed by atoms with Gasteiger partial charge < -0.3 is 9.40 Å². The number of hydrogen-bond acceptors (Lipinski definition) is 4. The van der Waals surface area contributed by atoms with Crippen molar-refractivity contribution < 1.29 is 18.4 Å². The Kier molecular flexibility index (Phi) is 4.62. The molecule has 1 amide bonds. The van der Waals surface area contributed by atoms with E-state index in [4.69, 9.17) is 4.84 Å². The van der Waals surface area contributed by atoms with Crippen LogP contribution in [0, 0.1) is 11.6 Å². The number of aromatic nitrogens is 2. The van der Waals surface area contributed by atoms with Gasteiger partial charge in [0.15, 0.2) is 0 Å². The molecule has 1 N–H and O–H groups in total. The summed E-state index contributed by atoms with van der Waals surface area (Å²) in [6, 6.07) is 12.2. The minimum Gasteiger partial charge on any atom is -0.379 e. The van der Waals surface area contributed by atoms with E-state index in [1.807, 2.05) is 0 Å². The normalized spacial score (nSPS) is 18.3. The molecule has 2 heterocycles. The molecule has 0 radical (unpaired) electrons. The Balaban J connectivity index is 1.50. The van der Waals surface area contributed by atoms with E-state index in [1.54, 1.807) is 55.1 Å². The van der Waals surface area contributed by atoms with Crippen LogP contribution in [0.25, 0.3) is 11.3 Å². The molecule has 1 aliphatic rings. The van der Waals surface area contributed by atoms with Crippen LogP contribution in [0.15, 0.2) is 59.9 Å². The van der Waals surface area contributed by atoms with Gasteiger partial charge in [0.1, 0.15) is 11.6 Å². The van der Waals surface area contributed by atoms with Gasteiger partial charge in [-0.05, 0) is 37.3 Å². The molecule has 1 aliphatic heterocycles. The van der Waals surface area contributed by atoms with Crippen LogP contribution in [0.3, 0.4) is 0 Å². The molecule has 8 heteroatoms. The van der Waals surface area contributed by atoms with Crippen LogP contribution >= 0.6 is 0 Å². The minimum atomic E-state index is -1.29. The van der Waals surface area contributed by atoms with Crippen LogP contribution in [0.1, 0.15) is 18.9 Å². The number of nitrogens with one attached hydrogen (secondary N) is 1. The van der Waals surface area contributed by atoms with E-state index >= 15 is 0 Å². The zero-order valence-electron chi connectivity index (χ0n) is 15.8. The Hall–Kier alpha value is -3.55. The summed E-state index contributed by atoms with van der Waals surface area (Å²) in [6.45, 7) is 1.59. The maximum absolute atomic E-state index is 14.0. The van der Waals surface area contributed by atoms with E-state index in [0.29, 0.717) is 22.9 Å². The second-order valence-electron chi connectivity index (χ2n) is 7.00. The summed E-state index contributed by atoms with van der Waals surface area (Å²) in [6.07, 6.45) is 1.71. The molecule has 0 fully saturated rings. The maximum atomic E-state index is 14.0. The van der Waals surface area contributed by atoms with Crippen molar-refractivity contribution in [2.45, 2.75) is 18.9 Å². The standard InChI is InChI=1S/C21H18F2N4O2/c1-21(11-17(26-29-21)15-5-3-4-6-16(15)23)19(28)25-20-24-12-18(27(20)2)13-7-9-14(22)10-8-13/h3-10,12H,11H2,1-2H3,(H,24,25,28)/t21-/m1/s1. The highest BCUT2D eigenvalue weighted by Crippen LogP contribution is 2.29. The number of benzene rings is 2. The van der Waals surface area contributed by atoms with Crippen LogP contribution in [-0.2, 0) is 16.7 Å². The molecule has 0 saturated heterocycles. The van der Waals surface area contributed by atoms with E-state index in [2.05, 4.69) is 15.5 Å². The van der Waals surface area contributed by atoms with E-state index in [9.17, 15) is 13.6 Å². The molecule has 0 saturated carbocycles. The third-order valence-electron chi connectivity index (χ3n) is 4.88. The molecule has 0 aliphatic carbocycles. The van der Waals surface area contributed by atoms with Gasteiger partial charge in [0, 0.05) is 24.6 Å². The topological polar surface area (TPSA) is 68.5 Å². The molecule has 1 atom stereocenters. The first-order chi connectivity index (χ1) is 13.9. The number of carbonyl (C=O) groups excluding carboxylic acids is 1. The molecule has 0 unspecified atom stereocenters. The molecular weight excluding hydrogens is 378 g/mol. The first-order valence-corrected chi connectivity index (χ1v) is 8.96. The van der Waals surface area contributed by atoms with Gasteiger partial charge in [-0.1, -0.05) is 23.4 Å². The van der Waals surface area contributed by atoms with Gasteiger partial charge in [-0.3, -0.25) is 10.1 Å². The summed E-state index contributed by atoms with van der Waals surface area (Å²) in [4.78, 5) is 22.4. The van der Waals surface area contributed by atoms with Crippen LogP contribution in [-0.4, -0.2) is 26.8 Å². The van der Waals surface area contributed by atoms with E-state index in [0.717, 1.165) is 5.56 Å². The number of anilines is 1. The summed E-state index contributed by atoms with van der Waals surface area (Å²) in [5.74, 6) is -0.903. The van der Waals surface area contributed by atoms with E-state index < -0.39 is 17.3 Å². The molecule has 0 spiro atoms. The highest BCUT2D eigenvalue weighted by molar-refractivity contribution is 6.07. The summed E-state index contributed by atoms with van der Waals surface area (Å²) < 4.78 is 28.8. The predicted molar refractivity (Wildman–Crippen MR) is 104 cm³/mol. The number of halogens is 2. The zero-order valence-corrected chi connectivity index (χ0v) is 15.8. The Morgan fingerprint density at radius 2 is 1.90 bits per heavy atom. The number of carbonyl (C=O) groups is 1. The molecule has 29 heavy (non-hydrogen) atoms. The quantitative estimate of drug-likeness (QED) is 0.728. The number of imidazole rings is 1. The van der Waals surface area contributed by atoms with Gasteiger partial charge in [0.25, 0.3) is 5.91 Å². The molecule has 3 aromatic rings. The van der Waals surface area contributed by atoms with Gasteiger partial charge in [-0.15, -0.1) is 0 Å². The molecular formula is C21H18F2N4O2. The fourth-order valence-corrected chi connectivity index (χ4v) is 3.15. The Morgan fingerprint density at radius 1 is 1.17 bits per heavy atom.